The van der Waals surface area contributed by atoms with Gasteiger partial charge in [-0.2, -0.15) is 0 Å². The first kappa shape index (κ1) is 22.7. The van der Waals surface area contributed by atoms with Crippen LogP contribution in [0.5, 0.6) is 0 Å². The summed E-state index contributed by atoms with van der Waals surface area (Å²) in [5, 5.41) is 0. The van der Waals surface area contributed by atoms with Crippen LogP contribution in [0.3, 0.4) is 0 Å². The Morgan fingerprint density at radius 3 is 2.39 bits per heavy atom. The molecule has 0 radical (unpaired) electrons. The lowest BCUT2D eigenvalue weighted by atomic mass is 10.1. The van der Waals surface area contributed by atoms with Crippen LogP contribution in [0.25, 0.3) is 0 Å². The molecule has 0 spiro atoms. The smallest absolute Gasteiger partial charge is 0.253 e. The maximum atomic E-state index is 12.8. The van der Waals surface area contributed by atoms with Crippen LogP contribution in [-0.2, 0) is 24.6 Å². The van der Waals surface area contributed by atoms with Gasteiger partial charge in [-0.15, -0.1) is 0 Å². The molecule has 9 nitrogen and oxygen atoms in total. The van der Waals surface area contributed by atoms with Crippen molar-refractivity contribution in [3.8, 4) is 0 Å². The number of carbonyl (C=O) groups excluding carboxylic acids is 1. The number of nitrogens with one attached hydrogen (secondary N) is 1. The van der Waals surface area contributed by atoms with Gasteiger partial charge >= 0.3 is 0 Å². The van der Waals surface area contributed by atoms with Gasteiger partial charge in [-0.25, -0.2) is 21.6 Å². The Hall–Kier alpha value is -1.53. The molecular weight excluding hydrogens is 442 g/mol. The van der Waals surface area contributed by atoms with Crippen LogP contribution in [0.1, 0.15) is 29.6 Å². The predicted octanol–water partition coefficient (Wildman–Crippen LogP) is 0.0888. The van der Waals surface area contributed by atoms with Crippen LogP contribution in [0, 0.1) is 0 Å². The highest BCUT2D eigenvalue weighted by Gasteiger charge is 2.34. The minimum Gasteiger partial charge on any atom is -0.377 e. The van der Waals surface area contributed by atoms with E-state index in [2.05, 4.69) is 9.62 Å². The molecule has 2 atom stereocenters. The summed E-state index contributed by atoms with van der Waals surface area (Å²) in [6.45, 7) is 3.25. The first-order chi connectivity index (χ1) is 14.7. The van der Waals surface area contributed by atoms with Gasteiger partial charge in [0.25, 0.3) is 5.91 Å². The van der Waals surface area contributed by atoms with Gasteiger partial charge in [0.1, 0.15) is 0 Å². The van der Waals surface area contributed by atoms with Crippen LogP contribution in [-0.4, -0.2) is 95.5 Å². The maximum absolute atomic E-state index is 12.8. The van der Waals surface area contributed by atoms with E-state index in [1.165, 1.54) is 12.1 Å². The van der Waals surface area contributed by atoms with E-state index in [4.69, 9.17) is 4.74 Å². The molecule has 3 aliphatic rings. The average molecular weight is 472 g/mol. The Balaban J connectivity index is 1.31. The highest BCUT2D eigenvalue weighted by Crippen LogP contribution is 2.20. The van der Waals surface area contributed by atoms with Crippen molar-refractivity contribution >= 4 is 25.8 Å². The number of rotatable bonds is 6. The molecule has 0 saturated carbocycles. The fourth-order valence-electron chi connectivity index (χ4n) is 4.40. The van der Waals surface area contributed by atoms with Crippen molar-refractivity contribution in [1.82, 2.24) is 14.5 Å². The molecule has 0 aliphatic carbocycles. The molecule has 172 valence electrons. The quantitative estimate of drug-likeness (QED) is 0.626. The zero-order chi connectivity index (χ0) is 22.1. The topological polar surface area (TPSA) is 113 Å². The Bertz CT molecular complexity index is 996. The van der Waals surface area contributed by atoms with Crippen molar-refractivity contribution < 1.29 is 26.4 Å². The van der Waals surface area contributed by atoms with Crippen LogP contribution >= 0.6 is 0 Å². The molecule has 11 heteroatoms. The lowest BCUT2D eigenvalue weighted by molar-refractivity contribution is 0.0587. The summed E-state index contributed by atoms with van der Waals surface area (Å²) >= 11 is 0. The molecule has 3 saturated heterocycles. The van der Waals surface area contributed by atoms with Gasteiger partial charge in [-0.1, -0.05) is 0 Å². The van der Waals surface area contributed by atoms with E-state index in [-0.39, 0.29) is 41.0 Å². The Labute approximate surface area is 183 Å². The molecule has 0 bridgehead atoms. The number of carbonyl (C=O) groups is 1. The lowest BCUT2D eigenvalue weighted by Gasteiger charge is -2.37. The zero-order valence-electron chi connectivity index (χ0n) is 17.4. The largest absolute Gasteiger partial charge is 0.377 e. The molecule has 1 aromatic carbocycles. The molecule has 3 aliphatic heterocycles. The molecule has 0 aromatic heterocycles. The van der Waals surface area contributed by atoms with Gasteiger partial charge in [0.2, 0.25) is 10.0 Å². The van der Waals surface area contributed by atoms with E-state index in [1.807, 2.05) is 0 Å². The summed E-state index contributed by atoms with van der Waals surface area (Å²) in [5.74, 6) is 0.307. The number of piperazine rings is 1. The second kappa shape index (κ2) is 9.14. The van der Waals surface area contributed by atoms with E-state index in [0.717, 1.165) is 12.8 Å². The highest BCUT2D eigenvalue weighted by atomic mass is 32.2. The average Bonchev–Trinajstić information content (AvgIpc) is 3.41. The van der Waals surface area contributed by atoms with Crippen molar-refractivity contribution in [3.05, 3.63) is 29.8 Å². The molecule has 1 amide bonds. The van der Waals surface area contributed by atoms with E-state index in [9.17, 15) is 21.6 Å². The molecule has 1 N–H and O–H groups in total. The first-order valence-corrected chi connectivity index (χ1v) is 14.0. The normalized spacial score (nSPS) is 26.9. The minimum absolute atomic E-state index is 0.0499. The van der Waals surface area contributed by atoms with Gasteiger partial charge < -0.3 is 9.64 Å². The third-order valence-electron chi connectivity index (χ3n) is 6.26. The van der Waals surface area contributed by atoms with Crippen molar-refractivity contribution in [3.63, 3.8) is 0 Å². The molecule has 3 fully saturated rings. The first-order valence-electron chi connectivity index (χ1n) is 10.7. The zero-order valence-corrected chi connectivity index (χ0v) is 19.0. The van der Waals surface area contributed by atoms with E-state index >= 15 is 0 Å². The van der Waals surface area contributed by atoms with Crippen LogP contribution in [0.15, 0.2) is 29.2 Å². The number of sulfone groups is 1. The Morgan fingerprint density at radius 1 is 1.10 bits per heavy atom. The number of hydrogen-bond acceptors (Lipinski definition) is 7. The summed E-state index contributed by atoms with van der Waals surface area (Å²) in [5.41, 5.74) is 0.440. The van der Waals surface area contributed by atoms with Crippen molar-refractivity contribution in [1.29, 1.82) is 0 Å². The predicted molar refractivity (Wildman–Crippen MR) is 115 cm³/mol. The maximum Gasteiger partial charge on any atom is 0.253 e. The third-order valence-corrected chi connectivity index (χ3v) is 9.45. The van der Waals surface area contributed by atoms with E-state index < -0.39 is 19.9 Å². The molecule has 1 aromatic rings. The van der Waals surface area contributed by atoms with Crippen molar-refractivity contribution in [2.45, 2.75) is 36.3 Å². The van der Waals surface area contributed by atoms with Gasteiger partial charge in [0.05, 0.1) is 22.5 Å². The summed E-state index contributed by atoms with van der Waals surface area (Å²) in [7, 11) is -6.58. The van der Waals surface area contributed by atoms with Crippen molar-refractivity contribution in [2.24, 2.45) is 0 Å². The number of ether oxygens (including phenoxy) is 1. The van der Waals surface area contributed by atoms with Crippen molar-refractivity contribution in [2.75, 3.05) is 50.8 Å². The second-order valence-corrected chi connectivity index (χ2v) is 12.4. The van der Waals surface area contributed by atoms with Gasteiger partial charge in [-0.3, -0.25) is 9.69 Å². The monoisotopic (exact) mass is 471 g/mol. The molecule has 0 unspecified atom stereocenters. The summed E-state index contributed by atoms with van der Waals surface area (Å²) in [4.78, 5) is 16.8. The standard InChI is InChI=1S/C20H29N3O6S2/c24-20(23-10-8-22(9-11-23)17-7-13-30(25,26)15-17)16-3-5-19(6-4-16)31(27,28)21-14-18-2-1-12-29-18/h3-6,17-18,21H,1-2,7-15H2/t17-,18+/m0/s1. The van der Waals surface area contributed by atoms with Crippen LogP contribution in [0.4, 0.5) is 0 Å². The minimum atomic E-state index is -3.65. The summed E-state index contributed by atoms with van der Waals surface area (Å²) in [6, 6.07) is 6.03. The molecule has 3 heterocycles. The summed E-state index contributed by atoms with van der Waals surface area (Å²) in [6.07, 6.45) is 2.36. The van der Waals surface area contributed by atoms with E-state index in [0.29, 0.717) is 44.8 Å². The number of benzene rings is 1. The number of nitrogens with zero attached hydrogens (tertiary/aromatic N) is 2. The van der Waals surface area contributed by atoms with E-state index in [1.54, 1.807) is 17.0 Å². The lowest BCUT2D eigenvalue weighted by Crippen LogP contribution is -2.52. The highest BCUT2D eigenvalue weighted by molar-refractivity contribution is 7.91. The Morgan fingerprint density at radius 2 is 1.81 bits per heavy atom. The fraction of sp³-hybridized carbons (Fsp3) is 0.650. The fourth-order valence-corrected chi connectivity index (χ4v) is 7.23. The number of amides is 1. The number of sulfonamides is 1. The Kier molecular flexibility index (Phi) is 6.68. The van der Waals surface area contributed by atoms with Crippen LogP contribution < -0.4 is 4.72 Å². The second-order valence-electron chi connectivity index (χ2n) is 8.40. The summed E-state index contributed by atoms with van der Waals surface area (Å²) < 4.78 is 56.4. The number of hydrogen-bond donors (Lipinski definition) is 1. The van der Waals surface area contributed by atoms with Gasteiger partial charge in [-0.05, 0) is 43.5 Å². The molecule has 4 rings (SSSR count). The molecule has 31 heavy (non-hydrogen) atoms. The van der Waals surface area contributed by atoms with Gasteiger partial charge in [0, 0.05) is 50.9 Å². The SMILES string of the molecule is O=C(c1ccc(S(=O)(=O)NC[C@H]2CCCO2)cc1)N1CCN([C@H]2CCS(=O)(=O)C2)CC1. The third kappa shape index (κ3) is 5.46. The van der Waals surface area contributed by atoms with Gasteiger partial charge in [0.15, 0.2) is 9.84 Å². The molecular formula is C20H29N3O6S2. The van der Waals surface area contributed by atoms with Crippen LogP contribution in [0.2, 0.25) is 0 Å².